The van der Waals surface area contributed by atoms with E-state index in [0.717, 1.165) is 28.1 Å². The smallest absolute Gasteiger partial charge is 0.233 e. The lowest BCUT2D eigenvalue weighted by Crippen LogP contribution is -2.07. The van der Waals surface area contributed by atoms with Crippen molar-refractivity contribution in [3.8, 4) is 16.6 Å². The van der Waals surface area contributed by atoms with Gasteiger partial charge < -0.3 is 0 Å². The second kappa shape index (κ2) is 6.43. The largest absolute Gasteiger partial charge is 0.251 e. The zero-order valence-electron chi connectivity index (χ0n) is 12.8. The number of thioether (sulfide) groups is 2. The first-order chi connectivity index (χ1) is 10.6. The van der Waals surface area contributed by atoms with Crippen molar-refractivity contribution in [3.63, 3.8) is 0 Å². The van der Waals surface area contributed by atoms with Gasteiger partial charge in [0.05, 0.1) is 10.6 Å². The normalized spacial score (nSPS) is 11.3. The van der Waals surface area contributed by atoms with Gasteiger partial charge in [0.1, 0.15) is 5.82 Å². The van der Waals surface area contributed by atoms with Gasteiger partial charge in [0.2, 0.25) is 0 Å². The first-order valence-electron chi connectivity index (χ1n) is 6.58. The predicted octanol–water partition coefficient (Wildman–Crippen LogP) is 3.02. The lowest BCUT2D eigenvalue weighted by Gasteiger charge is -2.04. The molecule has 0 bridgehead atoms. The summed E-state index contributed by atoms with van der Waals surface area (Å²) in [6, 6.07) is 2.11. The van der Waals surface area contributed by atoms with Gasteiger partial charge in [-0.2, -0.15) is 26.5 Å². The Kier molecular flexibility index (Phi) is 4.55. The molecule has 0 saturated heterocycles. The molecule has 3 aromatic rings. The molecule has 3 heterocycles. The van der Waals surface area contributed by atoms with E-state index >= 15 is 0 Å². The summed E-state index contributed by atoms with van der Waals surface area (Å²) in [5.41, 5.74) is 0. The molecule has 116 valence electrons. The van der Waals surface area contributed by atoms with Crippen LogP contribution in [0.15, 0.2) is 16.3 Å². The average Bonchev–Trinajstić information content (AvgIpc) is 3.16. The first-order valence-corrected chi connectivity index (χ1v) is 10.1. The van der Waals surface area contributed by atoms with Gasteiger partial charge in [0, 0.05) is 11.9 Å². The van der Waals surface area contributed by atoms with Gasteiger partial charge in [-0.15, -0.1) is 28.2 Å². The van der Waals surface area contributed by atoms with E-state index in [1.807, 2.05) is 20.2 Å². The van der Waals surface area contributed by atoms with Crippen molar-refractivity contribution in [1.82, 2.24) is 29.5 Å². The molecule has 0 amide bonds. The molecule has 22 heavy (non-hydrogen) atoms. The minimum absolute atomic E-state index is 0.688. The van der Waals surface area contributed by atoms with Gasteiger partial charge in [-0.05, 0) is 30.9 Å². The van der Waals surface area contributed by atoms with Gasteiger partial charge in [-0.25, -0.2) is 9.67 Å². The number of hydrogen-bond donors (Lipinski definition) is 0. The fraction of sp³-hybridized carbons (Fsp3) is 0.385. The summed E-state index contributed by atoms with van der Waals surface area (Å²) in [6.07, 6.45) is 4.12. The van der Waals surface area contributed by atoms with Gasteiger partial charge in [0.15, 0.2) is 11.6 Å². The summed E-state index contributed by atoms with van der Waals surface area (Å²) in [6.45, 7) is 1.88. The predicted molar refractivity (Wildman–Crippen MR) is 93.0 cm³/mol. The highest BCUT2D eigenvalue weighted by molar-refractivity contribution is 7.99. The van der Waals surface area contributed by atoms with E-state index in [1.165, 1.54) is 4.90 Å². The highest BCUT2D eigenvalue weighted by atomic mass is 32.2. The van der Waals surface area contributed by atoms with Crippen molar-refractivity contribution in [3.05, 3.63) is 23.1 Å². The summed E-state index contributed by atoms with van der Waals surface area (Å²) in [5.74, 6) is 3.83. The molecule has 3 aromatic heterocycles. The van der Waals surface area contributed by atoms with Crippen LogP contribution in [-0.2, 0) is 12.8 Å². The van der Waals surface area contributed by atoms with Crippen LogP contribution in [0.2, 0.25) is 0 Å². The van der Waals surface area contributed by atoms with Crippen LogP contribution in [0.1, 0.15) is 11.6 Å². The summed E-state index contributed by atoms with van der Waals surface area (Å²) < 4.78 is 3.54. The van der Waals surface area contributed by atoms with E-state index in [4.69, 9.17) is 4.98 Å². The molecule has 6 nitrogen and oxygen atoms in total. The van der Waals surface area contributed by atoms with E-state index in [2.05, 4.69) is 32.9 Å². The summed E-state index contributed by atoms with van der Waals surface area (Å²) in [5, 5.41) is 11.0. The Morgan fingerprint density at radius 1 is 1.23 bits per heavy atom. The molecule has 0 saturated carbocycles. The van der Waals surface area contributed by atoms with Crippen LogP contribution in [0.5, 0.6) is 0 Å². The number of thiophene rings is 1. The molecule has 0 radical (unpaired) electrons. The summed E-state index contributed by atoms with van der Waals surface area (Å²) in [4.78, 5) is 11.5. The second-order valence-corrected chi connectivity index (χ2v) is 7.23. The van der Waals surface area contributed by atoms with Crippen LogP contribution in [0, 0.1) is 6.92 Å². The molecule has 0 aromatic carbocycles. The molecule has 0 aliphatic carbocycles. The third kappa shape index (κ3) is 2.80. The molecular formula is C13H16N6S3. The van der Waals surface area contributed by atoms with Gasteiger partial charge in [-0.3, -0.25) is 0 Å². The molecule has 9 heteroatoms. The molecule has 0 fully saturated rings. The van der Waals surface area contributed by atoms with Crippen molar-refractivity contribution in [2.24, 2.45) is 7.05 Å². The molecule has 0 spiro atoms. The monoisotopic (exact) mass is 352 g/mol. The molecule has 0 atom stereocenters. The third-order valence-electron chi connectivity index (χ3n) is 3.01. The van der Waals surface area contributed by atoms with Crippen LogP contribution >= 0.6 is 34.9 Å². The third-order valence-corrected chi connectivity index (χ3v) is 5.38. The second-order valence-electron chi connectivity index (χ2n) is 4.60. The Morgan fingerprint density at radius 3 is 2.68 bits per heavy atom. The highest BCUT2D eigenvalue weighted by Crippen LogP contribution is 2.35. The molecule has 0 N–H and O–H groups in total. The Bertz CT molecular complexity index is 788. The Morgan fingerprint density at radius 2 is 2.05 bits per heavy atom. The SMILES string of the molecule is CSCc1nc(-c2sccc2SC)n(-c2nc(C)nn2C)n1. The zero-order chi connectivity index (χ0) is 15.7. The van der Waals surface area contributed by atoms with Crippen molar-refractivity contribution in [2.45, 2.75) is 17.6 Å². The number of rotatable bonds is 5. The highest BCUT2D eigenvalue weighted by Gasteiger charge is 2.20. The Balaban J connectivity index is 2.18. The fourth-order valence-electron chi connectivity index (χ4n) is 2.14. The van der Waals surface area contributed by atoms with Crippen molar-refractivity contribution in [1.29, 1.82) is 0 Å². The maximum absolute atomic E-state index is 4.72. The zero-order valence-corrected chi connectivity index (χ0v) is 15.2. The van der Waals surface area contributed by atoms with Crippen LogP contribution in [-0.4, -0.2) is 42.0 Å². The van der Waals surface area contributed by atoms with E-state index in [-0.39, 0.29) is 0 Å². The van der Waals surface area contributed by atoms with Crippen LogP contribution in [0.4, 0.5) is 0 Å². The van der Waals surface area contributed by atoms with E-state index in [1.54, 1.807) is 44.2 Å². The molecular weight excluding hydrogens is 336 g/mol. The van der Waals surface area contributed by atoms with Gasteiger partial charge in [0.25, 0.3) is 5.95 Å². The quantitative estimate of drug-likeness (QED) is 0.658. The Labute approximate surface area is 141 Å². The molecule has 0 unspecified atom stereocenters. The lowest BCUT2D eigenvalue weighted by atomic mass is 10.4. The Hall–Kier alpha value is -1.32. The van der Waals surface area contributed by atoms with E-state index < -0.39 is 0 Å². The number of hydrogen-bond acceptors (Lipinski definition) is 7. The summed E-state index contributed by atoms with van der Waals surface area (Å²) in [7, 11) is 1.87. The number of aromatic nitrogens is 6. The van der Waals surface area contributed by atoms with Crippen molar-refractivity contribution < 1.29 is 0 Å². The number of nitrogens with zero attached hydrogens (tertiary/aromatic N) is 6. The topological polar surface area (TPSA) is 61.4 Å². The average molecular weight is 353 g/mol. The van der Waals surface area contributed by atoms with Crippen LogP contribution in [0.25, 0.3) is 16.6 Å². The van der Waals surface area contributed by atoms with Crippen molar-refractivity contribution >= 4 is 34.9 Å². The minimum atomic E-state index is 0.688. The number of aryl methyl sites for hydroxylation is 2. The minimum Gasteiger partial charge on any atom is -0.233 e. The first kappa shape index (κ1) is 15.6. The van der Waals surface area contributed by atoms with Gasteiger partial charge in [-0.1, -0.05) is 0 Å². The maximum Gasteiger partial charge on any atom is 0.251 e. The van der Waals surface area contributed by atoms with Gasteiger partial charge >= 0.3 is 0 Å². The molecule has 0 aliphatic heterocycles. The standard InChI is InChI=1S/C13H16N6S3/c1-8-14-13(18(2)16-8)19-12(15-10(17-19)7-20-3)11-9(21-4)5-6-22-11/h5-6H,7H2,1-4H3. The molecule has 3 rings (SSSR count). The van der Waals surface area contributed by atoms with E-state index in [0.29, 0.717) is 5.95 Å². The van der Waals surface area contributed by atoms with Crippen molar-refractivity contribution in [2.75, 3.05) is 12.5 Å². The summed E-state index contributed by atoms with van der Waals surface area (Å²) >= 11 is 5.09. The molecule has 0 aliphatic rings. The lowest BCUT2D eigenvalue weighted by molar-refractivity contribution is 0.686. The fourth-order valence-corrected chi connectivity index (χ4v) is 4.24. The maximum atomic E-state index is 4.72. The van der Waals surface area contributed by atoms with E-state index in [9.17, 15) is 0 Å². The van der Waals surface area contributed by atoms with Crippen LogP contribution < -0.4 is 0 Å². The van der Waals surface area contributed by atoms with Crippen LogP contribution in [0.3, 0.4) is 0 Å².